The smallest absolute Gasteiger partial charge is 0.338 e. The van der Waals surface area contributed by atoms with Crippen LogP contribution in [0.1, 0.15) is 61.4 Å². The van der Waals surface area contributed by atoms with Crippen LogP contribution in [0.4, 0.5) is 0 Å². The average Bonchev–Trinajstić information content (AvgIpc) is 2.59. The van der Waals surface area contributed by atoms with E-state index < -0.39 is 0 Å². The van der Waals surface area contributed by atoms with E-state index in [9.17, 15) is 4.79 Å². The number of nitrogens with two attached hydrogens (primary N) is 1. The summed E-state index contributed by atoms with van der Waals surface area (Å²) in [5.74, 6) is 0.964. The van der Waals surface area contributed by atoms with Crippen molar-refractivity contribution < 1.29 is 9.53 Å². The van der Waals surface area contributed by atoms with Crippen molar-refractivity contribution in [2.75, 3.05) is 6.61 Å². The second-order valence-electron chi connectivity index (χ2n) is 6.74. The Morgan fingerprint density at radius 1 is 1.28 bits per heavy atom. The average molecular weight is 342 g/mol. The van der Waals surface area contributed by atoms with Crippen LogP contribution in [-0.4, -0.2) is 30.0 Å². The van der Waals surface area contributed by atoms with Crippen molar-refractivity contribution in [2.24, 2.45) is 15.7 Å². The fourth-order valence-electron chi connectivity index (χ4n) is 3.41. The zero-order chi connectivity index (χ0) is 17.7. The number of nitrogens with one attached hydrogen (secondary N) is 1. The fraction of sp³-hybridized carbons (Fsp3) is 0.526. The van der Waals surface area contributed by atoms with E-state index in [0.29, 0.717) is 24.6 Å². The van der Waals surface area contributed by atoms with Gasteiger partial charge in [-0.3, -0.25) is 0 Å². The van der Waals surface area contributed by atoms with Gasteiger partial charge in [-0.15, -0.1) is 0 Å². The van der Waals surface area contributed by atoms with Crippen LogP contribution in [0, 0.1) is 0 Å². The lowest BCUT2D eigenvalue weighted by molar-refractivity contribution is 0.0505. The van der Waals surface area contributed by atoms with Gasteiger partial charge < -0.3 is 15.8 Å². The van der Waals surface area contributed by atoms with Gasteiger partial charge in [0.15, 0.2) is 11.6 Å². The van der Waals surface area contributed by atoms with Gasteiger partial charge in [0.2, 0.25) is 0 Å². The van der Waals surface area contributed by atoms with Crippen molar-refractivity contribution >= 4 is 17.8 Å². The number of carbonyl (C=O) groups is 1. The number of hydrogen-bond acceptors (Lipinski definition) is 6. The van der Waals surface area contributed by atoms with Crippen molar-refractivity contribution in [3.8, 4) is 0 Å². The van der Waals surface area contributed by atoms with E-state index >= 15 is 0 Å². The number of carbonyl (C=O) groups excluding carboxylic acids is 1. The summed E-state index contributed by atoms with van der Waals surface area (Å²) in [6, 6.07) is 7.49. The first-order valence-electron chi connectivity index (χ1n) is 9.07. The lowest BCUT2D eigenvalue weighted by Crippen LogP contribution is -2.47. The second kappa shape index (κ2) is 7.68. The Hall–Kier alpha value is -2.37. The maximum atomic E-state index is 12.0. The van der Waals surface area contributed by atoms with Crippen LogP contribution in [0.15, 0.2) is 34.3 Å². The zero-order valence-electron chi connectivity index (χ0n) is 14.8. The molecule has 1 saturated carbocycles. The van der Waals surface area contributed by atoms with Gasteiger partial charge in [0, 0.05) is 6.42 Å². The highest BCUT2D eigenvalue weighted by Crippen LogP contribution is 2.34. The largest absolute Gasteiger partial charge is 0.462 e. The summed E-state index contributed by atoms with van der Waals surface area (Å²) < 4.78 is 5.21. The Labute approximate surface area is 148 Å². The monoisotopic (exact) mass is 342 g/mol. The van der Waals surface area contributed by atoms with E-state index in [1.165, 1.54) is 6.42 Å². The number of esters is 1. The number of amidine groups is 1. The Balaban J connectivity index is 1.74. The predicted molar refractivity (Wildman–Crippen MR) is 98.7 cm³/mol. The van der Waals surface area contributed by atoms with E-state index in [2.05, 4.69) is 10.3 Å². The van der Waals surface area contributed by atoms with E-state index in [-0.39, 0.29) is 11.6 Å². The molecular weight excluding hydrogens is 316 g/mol. The van der Waals surface area contributed by atoms with Gasteiger partial charge >= 0.3 is 5.97 Å². The SMILES string of the molecule is CCCOC(=O)c1cccc(CC2=NC3(CCCCC3)N=C(N)N2)c1. The predicted octanol–water partition coefficient (Wildman–Crippen LogP) is 2.77. The number of benzene rings is 1. The van der Waals surface area contributed by atoms with Crippen molar-refractivity contribution in [1.29, 1.82) is 0 Å². The molecule has 1 aromatic rings. The Kier molecular flexibility index (Phi) is 5.36. The molecule has 0 saturated heterocycles. The molecule has 0 amide bonds. The highest BCUT2D eigenvalue weighted by Gasteiger charge is 2.34. The van der Waals surface area contributed by atoms with Crippen LogP contribution in [0.5, 0.6) is 0 Å². The summed E-state index contributed by atoms with van der Waals surface area (Å²) in [7, 11) is 0. The lowest BCUT2D eigenvalue weighted by atomic mass is 9.89. The maximum Gasteiger partial charge on any atom is 0.338 e. The van der Waals surface area contributed by atoms with Gasteiger partial charge in [0.05, 0.1) is 12.2 Å². The minimum Gasteiger partial charge on any atom is -0.462 e. The molecule has 1 heterocycles. The maximum absolute atomic E-state index is 12.0. The summed E-state index contributed by atoms with van der Waals surface area (Å²) in [5.41, 5.74) is 7.18. The highest BCUT2D eigenvalue weighted by atomic mass is 16.5. The minimum atomic E-state index is -0.388. The molecule has 3 rings (SSSR count). The molecule has 25 heavy (non-hydrogen) atoms. The van der Waals surface area contributed by atoms with Crippen molar-refractivity contribution in [2.45, 2.75) is 57.5 Å². The normalized spacial score (nSPS) is 18.9. The third-order valence-corrected chi connectivity index (χ3v) is 4.57. The molecule has 1 fully saturated rings. The minimum absolute atomic E-state index is 0.285. The third kappa shape index (κ3) is 4.38. The number of rotatable bonds is 5. The topological polar surface area (TPSA) is 89.1 Å². The van der Waals surface area contributed by atoms with Gasteiger partial charge in [-0.2, -0.15) is 0 Å². The number of aliphatic imine (C=N–C) groups is 2. The van der Waals surface area contributed by atoms with Crippen LogP contribution in [0.2, 0.25) is 0 Å². The molecule has 1 aliphatic heterocycles. The summed E-state index contributed by atoms with van der Waals surface area (Å²) in [6.45, 7) is 2.41. The summed E-state index contributed by atoms with van der Waals surface area (Å²) in [4.78, 5) is 21.5. The van der Waals surface area contributed by atoms with Gasteiger partial charge in [0.25, 0.3) is 0 Å². The standard InChI is InChI=1S/C19H26N4O2/c1-2-11-25-17(24)15-8-6-7-14(12-15)13-16-21-18(20)23-19(22-16)9-4-3-5-10-19/h6-8,12H,2-5,9-11,13H2,1H3,(H3,20,21,22,23). The molecule has 0 bridgehead atoms. The first-order chi connectivity index (χ1) is 12.1. The van der Waals surface area contributed by atoms with E-state index in [4.69, 9.17) is 15.5 Å². The molecule has 6 heteroatoms. The number of nitrogens with zero attached hydrogens (tertiary/aromatic N) is 2. The lowest BCUT2D eigenvalue weighted by Gasteiger charge is -2.34. The van der Waals surface area contributed by atoms with Gasteiger partial charge in [-0.1, -0.05) is 25.5 Å². The molecule has 6 nitrogen and oxygen atoms in total. The summed E-state index contributed by atoms with van der Waals surface area (Å²) in [5, 5.41) is 3.08. The molecule has 0 aromatic heterocycles. The molecule has 1 aromatic carbocycles. The van der Waals surface area contributed by atoms with Crippen molar-refractivity contribution in [3.63, 3.8) is 0 Å². The van der Waals surface area contributed by atoms with E-state index in [0.717, 1.165) is 43.5 Å². The van der Waals surface area contributed by atoms with E-state index in [1.807, 2.05) is 25.1 Å². The van der Waals surface area contributed by atoms with Crippen molar-refractivity contribution in [3.05, 3.63) is 35.4 Å². The zero-order valence-corrected chi connectivity index (χ0v) is 14.8. The van der Waals surface area contributed by atoms with Crippen LogP contribution >= 0.6 is 0 Å². The van der Waals surface area contributed by atoms with Crippen LogP contribution in [0.3, 0.4) is 0 Å². The second-order valence-corrected chi connectivity index (χ2v) is 6.74. The van der Waals surface area contributed by atoms with Gasteiger partial charge in [0.1, 0.15) is 5.84 Å². The Morgan fingerprint density at radius 2 is 2.08 bits per heavy atom. The van der Waals surface area contributed by atoms with E-state index in [1.54, 1.807) is 6.07 Å². The molecule has 0 radical (unpaired) electrons. The molecule has 2 aliphatic rings. The quantitative estimate of drug-likeness (QED) is 0.805. The first kappa shape index (κ1) is 17.5. The molecular formula is C19H26N4O2. The molecule has 0 atom stereocenters. The molecule has 1 aliphatic carbocycles. The molecule has 1 spiro atoms. The Bertz CT molecular complexity index is 690. The van der Waals surface area contributed by atoms with Gasteiger partial charge in [-0.25, -0.2) is 14.8 Å². The van der Waals surface area contributed by atoms with Gasteiger partial charge in [-0.05, 0) is 49.8 Å². The number of ether oxygens (including phenoxy) is 1. The summed E-state index contributed by atoms with van der Waals surface area (Å²) >= 11 is 0. The van der Waals surface area contributed by atoms with Crippen LogP contribution < -0.4 is 11.1 Å². The molecule has 134 valence electrons. The summed E-state index contributed by atoms with van der Waals surface area (Å²) in [6.07, 6.45) is 6.79. The van der Waals surface area contributed by atoms with Crippen molar-refractivity contribution in [1.82, 2.24) is 5.32 Å². The number of guanidine groups is 1. The fourth-order valence-corrected chi connectivity index (χ4v) is 3.41. The Morgan fingerprint density at radius 3 is 2.84 bits per heavy atom. The number of hydrogen-bond donors (Lipinski definition) is 2. The highest BCUT2D eigenvalue weighted by molar-refractivity contribution is 6.01. The van der Waals surface area contributed by atoms with Crippen LogP contribution in [0.25, 0.3) is 0 Å². The van der Waals surface area contributed by atoms with Crippen LogP contribution in [-0.2, 0) is 11.2 Å². The third-order valence-electron chi connectivity index (χ3n) is 4.57. The first-order valence-corrected chi connectivity index (χ1v) is 9.07. The molecule has 3 N–H and O–H groups in total. The molecule has 0 unspecified atom stereocenters.